The van der Waals surface area contributed by atoms with E-state index in [4.69, 9.17) is 28.3 Å². The van der Waals surface area contributed by atoms with Crippen LogP contribution < -0.4 is 10.5 Å². The van der Waals surface area contributed by atoms with Gasteiger partial charge < -0.3 is 15.0 Å². The van der Waals surface area contributed by atoms with E-state index in [0.29, 0.717) is 16.7 Å². The molecule has 4 rings (SSSR count). The van der Waals surface area contributed by atoms with E-state index in [1.165, 1.54) is 18.6 Å². The number of hydrogen-bond acceptors (Lipinski definition) is 8. The predicted octanol–water partition coefficient (Wildman–Crippen LogP) is 2.58. The standard InChI is InChI=1S/C22H22Cl2FN5O5S/c23-15-3-1-2-12(4-15)8-30-9-13(6-18(30)24)20(31)16-7-27-11-28-22(16)29-17-5-14(21(32)19(17)25)10-35-36(26,33)34/h1-4,6-7,9,11,14,17,19,21,32H,5,8,10H2,(H2,26,33,34)(H,27,28,29). The van der Waals surface area contributed by atoms with Crippen molar-refractivity contribution >= 4 is 45.1 Å². The van der Waals surface area contributed by atoms with Crippen molar-refractivity contribution in [2.24, 2.45) is 11.1 Å². The first kappa shape index (κ1) is 26.5. The summed E-state index contributed by atoms with van der Waals surface area (Å²) in [6.45, 7) is -0.0959. The molecule has 0 aliphatic heterocycles. The average molecular weight is 558 g/mol. The van der Waals surface area contributed by atoms with E-state index in [1.807, 2.05) is 12.1 Å². The highest BCUT2D eigenvalue weighted by molar-refractivity contribution is 7.84. The SMILES string of the molecule is NS(=O)(=O)OCC1CC(Nc2ncncc2C(=O)c2cc(Cl)n(Cc3cccc(Cl)c3)c2)C(F)C1O. The van der Waals surface area contributed by atoms with Crippen molar-refractivity contribution in [1.82, 2.24) is 14.5 Å². The molecule has 0 bridgehead atoms. The van der Waals surface area contributed by atoms with Gasteiger partial charge in [0.05, 0.1) is 24.3 Å². The lowest BCUT2D eigenvalue weighted by atomic mass is 10.1. The molecule has 0 spiro atoms. The first-order valence-electron chi connectivity index (χ1n) is 10.7. The summed E-state index contributed by atoms with van der Waals surface area (Å²) in [5.41, 5.74) is 1.22. The third-order valence-electron chi connectivity index (χ3n) is 5.82. The maximum atomic E-state index is 14.8. The Hall–Kier alpha value is -2.61. The molecule has 4 N–H and O–H groups in total. The summed E-state index contributed by atoms with van der Waals surface area (Å²) < 4.78 is 43.0. The summed E-state index contributed by atoms with van der Waals surface area (Å²) in [4.78, 5) is 21.3. The molecule has 1 saturated carbocycles. The molecule has 4 unspecified atom stereocenters. The number of ketones is 1. The molecule has 1 aromatic carbocycles. The Morgan fingerprint density at radius 2 is 2.11 bits per heavy atom. The molecule has 192 valence electrons. The van der Waals surface area contributed by atoms with Crippen molar-refractivity contribution in [1.29, 1.82) is 0 Å². The fraction of sp³-hybridized carbons (Fsp3) is 0.318. The third kappa shape index (κ3) is 6.20. The zero-order valence-corrected chi connectivity index (χ0v) is 20.9. The number of aliphatic hydroxyl groups excluding tert-OH is 1. The van der Waals surface area contributed by atoms with Crippen LogP contribution in [0.5, 0.6) is 0 Å². The van der Waals surface area contributed by atoms with E-state index in [9.17, 15) is 22.7 Å². The number of nitrogens with zero attached hydrogens (tertiary/aromatic N) is 3. The molecular formula is C22H22Cl2FN5O5S. The maximum Gasteiger partial charge on any atom is 0.333 e. The van der Waals surface area contributed by atoms with Crippen LogP contribution in [0.3, 0.4) is 0 Å². The first-order valence-corrected chi connectivity index (χ1v) is 12.9. The van der Waals surface area contributed by atoms with E-state index in [-0.39, 0.29) is 23.4 Å². The Bertz CT molecular complexity index is 1370. The summed E-state index contributed by atoms with van der Waals surface area (Å²) in [6, 6.07) is 7.76. The Labute approximate surface area is 216 Å². The maximum absolute atomic E-state index is 14.8. The molecule has 10 nitrogen and oxygen atoms in total. The number of halogens is 3. The van der Waals surface area contributed by atoms with Gasteiger partial charge in [-0.05, 0) is 30.2 Å². The van der Waals surface area contributed by atoms with Crippen molar-refractivity contribution in [3.63, 3.8) is 0 Å². The largest absolute Gasteiger partial charge is 0.390 e. The molecule has 0 amide bonds. The van der Waals surface area contributed by atoms with Crippen molar-refractivity contribution in [3.8, 4) is 0 Å². The van der Waals surface area contributed by atoms with Crippen LogP contribution in [-0.2, 0) is 21.0 Å². The van der Waals surface area contributed by atoms with Crippen LogP contribution in [0.25, 0.3) is 0 Å². The van der Waals surface area contributed by atoms with Crippen molar-refractivity contribution in [3.05, 3.63) is 75.9 Å². The van der Waals surface area contributed by atoms with Gasteiger partial charge in [-0.1, -0.05) is 35.3 Å². The van der Waals surface area contributed by atoms with Gasteiger partial charge in [0.15, 0.2) is 5.78 Å². The van der Waals surface area contributed by atoms with Gasteiger partial charge >= 0.3 is 10.3 Å². The van der Waals surface area contributed by atoms with Gasteiger partial charge in [-0.2, -0.15) is 8.42 Å². The summed E-state index contributed by atoms with van der Waals surface area (Å²) in [5, 5.41) is 18.7. The van der Waals surface area contributed by atoms with Crippen LogP contribution in [0.4, 0.5) is 10.2 Å². The molecule has 1 aliphatic carbocycles. The van der Waals surface area contributed by atoms with E-state index < -0.39 is 46.9 Å². The number of aliphatic hydroxyl groups is 1. The number of aromatic nitrogens is 3. The van der Waals surface area contributed by atoms with Crippen LogP contribution >= 0.6 is 23.2 Å². The van der Waals surface area contributed by atoms with Crippen LogP contribution in [0.1, 0.15) is 27.9 Å². The quantitative estimate of drug-likeness (QED) is 0.340. The Balaban J connectivity index is 1.51. The van der Waals surface area contributed by atoms with Gasteiger partial charge in [0.1, 0.15) is 23.5 Å². The predicted molar refractivity (Wildman–Crippen MR) is 131 cm³/mol. The second kappa shape index (κ2) is 10.8. The van der Waals surface area contributed by atoms with Crippen molar-refractivity contribution in [2.45, 2.75) is 31.3 Å². The lowest BCUT2D eigenvalue weighted by Gasteiger charge is -2.18. The Kier molecular flexibility index (Phi) is 7.93. The molecule has 14 heteroatoms. The van der Waals surface area contributed by atoms with Crippen molar-refractivity contribution in [2.75, 3.05) is 11.9 Å². The lowest BCUT2D eigenvalue weighted by molar-refractivity contribution is 0.0501. The minimum atomic E-state index is -4.24. The molecule has 2 heterocycles. The monoisotopic (exact) mass is 557 g/mol. The van der Waals surface area contributed by atoms with Crippen LogP contribution in [0.2, 0.25) is 10.2 Å². The average Bonchev–Trinajstić information content (AvgIpc) is 3.31. The molecule has 36 heavy (non-hydrogen) atoms. The van der Waals surface area contributed by atoms with Crippen LogP contribution in [0, 0.1) is 5.92 Å². The zero-order valence-electron chi connectivity index (χ0n) is 18.6. The van der Waals surface area contributed by atoms with E-state index in [0.717, 1.165) is 5.56 Å². The van der Waals surface area contributed by atoms with Gasteiger partial charge in [-0.3, -0.25) is 8.98 Å². The minimum Gasteiger partial charge on any atom is -0.390 e. The summed E-state index contributed by atoms with van der Waals surface area (Å²) in [6.07, 6.45) is 0.809. The van der Waals surface area contributed by atoms with E-state index >= 15 is 0 Å². The number of carbonyl (C=O) groups excluding carboxylic acids is 1. The smallest absolute Gasteiger partial charge is 0.333 e. The van der Waals surface area contributed by atoms with Gasteiger partial charge in [-0.25, -0.2) is 19.5 Å². The van der Waals surface area contributed by atoms with Gasteiger partial charge in [0, 0.05) is 35.4 Å². The highest BCUT2D eigenvalue weighted by Gasteiger charge is 2.44. The number of nitrogens with two attached hydrogens (primary N) is 1. The number of hydrogen-bond donors (Lipinski definition) is 3. The Morgan fingerprint density at radius 1 is 1.33 bits per heavy atom. The third-order valence-corrected chi connectivity index (χ3v) is 6.85. The lowest BCUT2D eigenvalue weighted by Crippen LogP contribution is -2.33. The van der Waals surface area contributed by atoms with Gasteiger partial charge in [0.25, 0.3) is 0 Å². The van der Waals surface area contributed by atoms with E-state index in [2.05, 4.69) is 19.5 Å². The van der Waals surface area contributed by atoms with E-state index in [1.54, 1.807) is 22.9 Å². The van der Waals surface area contributed by atoms with Crippen LogP contribution in [-0.4, -0.2) is 58.8 Å². The normalized spacial score (nSPS) is 22.0. The summed E-state index contributed by atoms with van der Waals surface area (Å²) in [7, 11) is -4.24. The molecule has 4 atom stereocenters. The fourth-order valence-corrected chi connectivity index (χ4v) is 4.88. The number of anilines is 1. The van der Waals surface area contributed by atoms with Crippen LogP contribution in [0.15, 0.2) is 49.1 Å². The molecule has 2 aromatic heterocycles. The second-order valence-electron chi connectivity index (χ2n) is 8.38. The highest BCUT2D eigenvalue weighted by Crippen LogP contribution is 2.32. The minimum absolute atomic E-state index is 0.0112. The first-order chi connectivity index (χ1) is 17.0. The topological polar surface area (TPSA) is 149 Å². The molecule has 0 saturated heterocycles. The summed E-state index contributed by atoms with van der Waals surface area (Å²) in [5.74, 6) is -1.23. The molecule has 3 aromatic rings. The summed E-state index contributed by atoms with van der Waals surface area (Å²) >= 11 is 12.4. The number of alkyl halides is 1. The number of carbonyl (C=O) groups is 1. The second-order valence-corrected chi connectivity index (χ2v) is 10.4. The fourth-order valence-electron chi connectivity index (χ4n) is 4.08. The van der Waals surface area contributed by atoms with Gasteiger partial charge in [0.2, 0.25) is 0 Å². The molecule has 0 radical (unpaired) electrons. The number of nitrogens with one attached hydrogen (secondary N) is 1. The zero-order chi connectivity index (χ0) is 26.0. The molecule has 1 aliphatic rings. The Morgan fingerprint density at radius 3 is 2.83 bits per heavy atom. The number of benzene rings is 1. The molecular weight excluding hydrogens is 536 g/mol. The molecule has 1 fully saturated rings. The highest BCUT2D eigenvalue weighted by atomic mass is 35.5. The number of rotatable bonds is 9. The van der Waals surface area contributed by atoms with Crippen molar-refractivity contribution < 1.29 is 26.9 Å². The van der Waals surface area contributed by atoms with Gasteiger partial charge in [-0.15, -0.1) is 0 Å².